The Kier molecular flexibility index (Phi) is 58.6. The SMILES string of the molecule is C=C.C=C/C(=C\C)c1c(C)cc(CCCCCC)cc1C.C=C/C(=C\C)c1c(C)cc(CCCCCCCCC)cc1C.CC.CC.CC.CC.CCC. The highest BCUT2D eigenvalue weighted by molar-refractivity contribution is 5.78. The summed E-state index contributed by atoms with van der Waals surface area (Å²) in [5, 5.41) is 0. The molecule has 0 atom stereocenters. The Morgan fingerprint density at radius 3 is 0.889 bits per heavy atom. The molecular weight excluding hydrogens is 649 g/mol. The summed E-state index contributed by atoms with van der Waals surface area (Å²) < 4.78 is 0. The fourth-order valence-electron chi connectivity index (χ4n) is 6.08. The molecule has 0 aliphatic carbocycles. The molecule has 0 saturated carbocycles. The fourth-order valence-corrected chi connectivity index (χ4v) is 6.08. The second-order valence-corrected chi connectivity index (χ2v) is 12.5. The van der Waals surface area contributed by atoms with Crippen LogP contribution in [-0.2, 0) is 12.8 Å². The molecule has 0 bridgehead atoms. The molecular formula is C54H98. The zero-order chi connectivity index (χ0) is 43.3. The molecule has 2 aromatic rings. The Morgan fingerprint density at radius 1 is 0.444 bits per heavy atom. The van der Waals surface area contributed by atoms with Crippen LogP contribution in [0.15, 0.2) is 74.9 Å². The molecule has 0 unspecified atom stereocenters. The Hall–Kier alpha value is -2.86. The van der Waals surface area contributed by atoms with Gasteiger partial charge in [-0.2, -0.15) is 0 Å². The van der Waals surface area contributed by atoms with Crippen LogP contribution in [0, 0.1) is 27.7 Å². The predicted molar refractivity (Wildman–Crippen MR) is 262 cm³/mol. The van der Waals surface area contributed by atoms with E-state index in [1.165, 1.54) is 146 Å². The molecule has 0 fully saturated rings. The van der Waals surface area contributed by atoms with E-state index < -0.39 is 0 Å². The highest BCUT2D eigenvalue weighted by Crippen LogP contribution is 2.27. The average Bonchev–Trinajstić information content (AvgIpc) is 3.20. The number of rotatable bonds is 17. The normalized spacial score (nSPS) is 9.74. The van der Waals surface area contributed by atoms with Crippen LogP contribution >= 0.6 is 0 Å². The molecule has 0 spiro atoms. The summed E-state index contributed by atoms with van der Waals surface area (Å²) in [6.45, 7) is 51.7. The van der Waals surface area contributed by atoms with Crippen molar-refractivity contribution >= 4 is 11.1 Å². The number of benzene rings is 2. The van der Waals surface area contributed by atoms with Crippen molar-refractivity contribution in [3.63, 3.8) is 0 Å². The minimum atomic E-state index is 1.21. The van der Waals surface area contributed by atoms with E-state index in [4.69, 9.17) is 0 Å². The van der Waals surface area contributed by atoms with Crippen LogP contribution in [0.3, 0.4) is 0 Å². The highest BCUT2D eigenvalue weighted by Gasteiger charge is 2.09. The van der Waals surface area contributed by atoms with Gasteiger partial charge in [0, 0.05) is 0 Å². The second kappa shape index (κ2) is 50.1. The maximum atomic E-state index is 3.94. The third-order valence-electron chi connectivity index (χ3n) is 8.21. The van der Waals surface area contributed by atoms with Crippen molar-refractivity contribution in [3.8, 4) is 0 Å². The van der Waals surface area contributed by atoms with Crippen LogP contribution < -0.4 is 0 Å². The summed E-state index contributed by atoms with van der Waals surface area (Å²) in [6.07, 6.45) is 26.9. The zero-order valence-corrected chi connectivity index (χ0v) is 40.3. The molecule has 0 heteroatoms. The number of allylic oxidation sites excluding steroid dienone is 6. The Labute approximate surface area is 343 Å². The van der Waals surface area contributed by atoms with E-state index in [0.29, 0.717) is 0 Å². The maximum Gasteiger partial charge on any atom is -0.0129 e. The van der Waals surface area contributed by atoms with E-state index >= 15 is 0 Å². The van der Waals surface area contributed by atoms with Crippen molar-refractivity contribution in [3.05, 3.63) is 119 Å². The highest BCUT2D eigenvalue weighted by atomic mass is 14.1. The molecule has 314 valence electrons. The van der Waals surface area contributed by atoms with Gasteiger partial charge < -0.3 is 0 Å². The number of unbranched alkanes of at least 4 members (excludes halogenated alkanes) is 9. The van der Waals surface area contributed by atoms with Gasteiger partial charge in [-0.1, -0.05) is 209 Å². The van der Waals surface area contributed by atoms with Crippen molar-refractivity contribution in [1.29, 1.82) is 0 Å². The van der Waals surface area contributed by atoms with Crippen LogP contribution in [0.2, 0.25) is 0 Å². The van der Waals surface area contributed by atoms with E-state index in [9.17, 15) is 0 Å². The van der Waals surface area contributed by atoms with Crippen molar-refractivity contribution in [2.45, 2.75) is 215 Å². The Bertz CT molecular complexity index is 1110. The molecule has 54 heavy (non-hydrogen) atoms. The topological polar surface area (TPSA) is 0 Å². The van der Waals surface area contributed by atoms with Crippen LogP contribution in [0.25, 0.3) is 11.1 Å². The van der Waals surface area contributed by atoms with Crippen LogP contribution in [0.5, 0.6) is 0 Å². The lowest BCUT2D eigenvalue weighted by molar-refractivity contribution is 0.589. The largest absolute Gasteiger partial charge is 0.106 e. The molecule has 0 aliphatic rings. The average molecular weight is 747 g/mol. The van der Waals surface area contributed by atoms with Crippen LogP contribution in [0.4, 0.5) is 0 Å². The van der Waals surface area contributed by atoms with Gasteiger partial charge in [0.2, 0.25) is 0 Å². The van der Waals surface area contributed by atoms with E-state index in [1.807, 2.05) is 67.5 Å². The van der Waals surface area contributed by atoms with Crippen molar-refractivity contribution in [1.82, 2.24) is 0 Å². The lowest BCUT2D eigenvalue weighted by Crippen LogP contribution is -1.96. The Morgan fingerprint density at radius 2 is 0.667 bits per heavy atom. The third-order valence-corrected chi connectivity index (χ3v) is 8.21. The van der Waals surface area contributed by atoms with Gasteiger partial charge in [0.05, 0.1) is 0 Å². The first-order valence-electron chi connectivity index (χ1n) is 22.5. The lowest BCUT2D eigenvalue weighted by Gasteiger charge is -2.13. The van der Waals surface area contributed by atoms with E-state index in [1.54, 1.807) is 0 Å². The van der Waals surface area contributed by atoms with E-state index in [2.05, 4.69) is 132 Å². The van der Waals surface area contributed by atoms with Gasteiger partial charge in [-0.05, 0) is 123 Å². The summed E-state index contributed by atoms with van der Waals surface area (Å²) in [5.74, 6) is 0. The number of hydrogen-bond acceptors (Lipinski definition) is 0. The molecule has 0 N–H and O–H groups in total. The Balaban J connectivity index is -0.000000164. The second-order valence-electron chi connectivity index (χ2n) is 12.5. The first-order valence-corrected chi connectivity index (χ1v) is 22.5. The van der Waals surface area contributed by atoms with Gasteiger partial charge in [0.15, 0.2) is 0 Å². The lowest BCUT2D eigenvalue weighted by atomic mass is 9.91. The van der Waals surface area contributed by atoms with Gasteiger partial charge in [-0.3, -0.25) is 0 Å². The summed E-state index contributed by atoms with van der Waals surface area (Å²) in [4.78, 5) is 0. The van der Waals surface area contributed by atoms with Crippen LogP contribution in [0.1, 0.15) is 218 Å². The van der Waals surface area contributed by atoms with Gasteiger partial charge in [-0.15, -0.1) is 13.2 Å². The molecule has 0 radical (unpaired) electrons. The smallest absolute Gasteiger partial charge is 0.0129 e. The zero-order valence-electron chi connectivity index (χ0n) is 40.3. The first-order chi connectivity index (χ1) is 26.2. The third kappa shape index (κ3) is 31.5. The van der Waals surface area contributed by atoms with Crippen molar-refractivity contribution in [2.75, 3.05) is 0 Å². The summed E-state index contributed by atoms with van der Waals surface area (Å²) in [7, 11) is 0. The fraction of sp³-hybridized carbons (Fsp3) is 0.593. The van der Waals surface area contributed by atoms with Crippen molar-refractivity contribution in [2.24, 2.45) is 0 Å². The van der Waals surface area contributed by atoms with Gasteiger partial charge in [-0.25, -0.2) is 0 Å². The van der Waals surface area contributed by atoms with Crippen molar-refractivity contribution < 1.29 is 0 Å². The summed E-state index contributed by atoms with van der Waals surface area (Å²) in [6, 6.07) is 9.43. The maximum absolute atomic E-state index is 3.94. The quantitative estimate of drug-likeness (QED) is 0.0859. The molecule has 0 saturated heterocycles. The molecule has 0 aromatic heterocycles. The molecule has 0 heterocycles. The van der Waals surface area contributed by atoms with Crippen LogP contribution in [-0.4, -0.2) is 0 Å². The minimum Gasteiger partial charge on any atom is -0.106 e. The van der Waals surface area contributed by atoms with Gasteiger partial charge in [0.1, 0.15) is 0 Å². The minimum absolute atomic E-state index is 1.21. The van der Waals surface area contributed by atoms with E-state index in [0.717, 1.165) is 0 Å². The first kappa shape index (κ1) is 63.1. The molecule has 0 amide bonds. The molecule has 2 aromatic carbocycles. The van der Waals surface area contributed by atoms with Gasteiger partial charge in [0.25, 0.3) is 0 Å². The summed E-state index contributed by atoms with van der Waals surface area (Å²) >= 11 is 0. The molecule has 0 nitrogen and oxygen atoms in total. The number of hydrogen-bond donors (Lipinski definition) is 0. The monoisotopic (exact) mass is 747 g/mol. The standard InChI is InChI=1S/C22H34.C19H28.C3H8.4C2H6.C2H4/c1-6-9-10-11-12-13-14-15-20-16-18(4)22(19(5)17-20)21(7-2)8-3;1-6-9-10-11-12-17-13-15(4)19(16(5)14-17)18(7-2)8-3;1-3-2;5*1-2/h7-8,16-17H,2,6,9-15H2,1,3-5H3;7-8,13-14H,2,6,9-12H2,1,3-5H3;3H2,1-2H3;4*1-2H3;1-2H2/b21-8+;18-8+;;;;;;. The van der Waals surface area contributed by atoms with Gasteiger partial charge >= 0.3 is 0 Å². The van der Waals surface area contributed by atoms with E-state index in [-0.39, 0.29) is 0 Å². The predicted octanol–water partition coefficient (Wildman–Crippen LogP) is 19.5. The molecule has 0 aliphatic heterocycles. The molecule has 2 rings (SSSR count). The number of aryl methyl sites for hydroxylation is 6. The summed E-state index contributed by atoms with van der Waals surface area (Å²) in [5.41, 5.74) is 13.7.